The molecule has 0 aromatic heterocycles. The molecule has 0 saturated carbocycles. The third kappa shape index (κ3) is 2.83. The summed E-state index contributed by atoms with van der Waals surface area (Å²) in [6.45, 7) is 9.33. The second-order valence-electron chi connectivity index (χ2n) is 7.98. The van der Waals surface area contributed by atoms with Crippen molar-refractivity contribution in [3.05, 3.63) is 29.8 Å². The van der Waals surface area contributed by atoms with Crippen molar-refractivity contribution < 1.29 is 9.59 Å². The van der Waals surface area contributed by atoms with Crippen molar-refractivity contribution in [1.82, 2.24) is 4.90 Å². The molecule has 4 nitrogen and oxygen atoms in total. The summed E-state index contributed by atoms with van der Waals surface area (Å²) in [6.07, 6.45) is 3.04. The van der Waals surface area contributed by atoms with Gasteiger partial charge < -0.3 is 9.80 Å². The molecule has 2 aliphatic rings. The number of fused-ring (bicyclic) bond motifs is 1. The Morgan fingerprint density at radius 3 is 2.54 bits per heavy atom. The van der Waals surface area contributed by atoms with Crippen molar-refractivity contribution in [2.24, 2.45) is 11.3 Å². The number of piperidine rings is 1. The summed E-state index contributed by atoms with van der Waals surface area (Å²) >= 11 is 0. The molecule has 1 saturated heterocycles. The molecular formula is C20H28N2O2. The fourth-order valence-corrected chi connectivity index (χ4v) is 4.04. The Bertz CT molecular complexity index is 653. The number of hydrogen-bond acceptors (Lipinski definition) is 2. The Morgan fingerprint density at radius 2 is 1.83 bits per heavy atom. The zero-order valence-corrected chi connectivity index (χ0v) is 15.2. The molecule has 0 bridgehead atoms. The number of carbonyl (C=O) groups excluding carboxylic acids is 2. The van der Waals surface area contributed by atoms with Crippen LogP contribution in [0.3, 0.4) is 0 Å². The lowest BCUT2D eigenvalue weighted by molar-refractivity contribution is -0.148. The van der Waals surface area contributed by atoms with Gasteiger partial charge in [-0.15, -0.1) is 0 Å². The fraction of sp³-hybridized carbons (Fsp3) is 0.600. The van der Waals surface area contributed by atoms with Crippen LogP contribution in [0.1, 0.15) is 46.1 Å². The number of carbonyl (C=O) groups is 2. The third-order valence-electron chi connectivity index (χ3n) is 5.44. The van der Waals surface area contributed by atoms with Crippen LogP contribution >= 0.6 is 0 Å². The molecule has 4 heteroatoms. The van der Waals surface area contributed by atoms with Gasteiger partial charge in [0.2, 0.25) is 11.8 Å². The first-order chi connectivity index (χ1) is 11.3. The summed E-state index contributed by atoms with van der Waals surface area (Å²) in [6, 6.07) is 8.12. The molecule has 1 aromatic carbocycles. The molecule has 3 rings (SSSR count). The first-order valence-electron chi connectivity index (χ1n) is 9.03. The molecule has 0 radical (unpaired) electrons. The highest BCUT2D eigenvalue weighted by molar-refractivity contribution is 6.12. The van der Waals surface area contributed by atoms with E-state index in [4.69, 9.17) is 0 Å². The zero-order valence-electron chi connectivity index (χ0n) is 15.2. The second kappa shape index (κ2) is 6.23. The smallest absolute Gasteiger partial charge is 0.242 e. The van der Waals surface area contributed by atoms with E-state index in [2.05, 4.69) is 19.9 Å². The summed E-state index contributed by atoms with van der Waals surface area (Å²) in [7, 11) is 0. The number of nitrogens with zero attached hydrogens (tertiary/aromatic N) is 2. The minimum atomic E-state index is -1.03. The second-order valence-corrected chi connectivity index (χ2v) is 7.98. The van der Waals surface area contributed by atoms with Crippen molar-refractivity contribution >= 4 is 17.5 Å². The van der Waals surface area contributed by atoms with Gasteiger partial charge in [-0.1, -0.05) is 25.1 Å². The van der Waals surface area contributed by atoms with Crippen molar-refractivity contribution in [1.29, 1.82) is 0 Å². The Kier molecular flexibility index (Phi) is 4.41. The number of rotatable bonds is 2. The molecule has 0 spiro atoms. The highest BCUT2D eigenvalue weighted by Crippen LogP contribution is 2.36. The fourth-order valence-electron chi connectivity index (χ4n) is 4.04. The average molecular weight is 328 g/mol. The van der Waals surface area contributed by atoms with E-state index in [0.29, 0.717) is 5.92 Å². The first kappa shape index (κ1) is 17.0. The number of hydrogen-bond donors (Lipinski definition) is 0. The van der Waals surface area contributed by atoms with E-state index in [9.17, 15) is 9.59 Å². The maximum Gasteiger partial charge on any atom is 0.242 e. The summed E-state index contributed by atoms with van der Waals surface area (Å²) < 4.78 is 0. The maximum atomic E-state index is 13.3. The SMILES string of the molecule is CC1CCCN(C(=O)C(C)(C)C(=O)N2c3ccccc3CC2C)C1. The van der Waals surface area contributed by atoms with Crippen LogP contribution in [-0.2, 0) is 16.0 Å². The normalized spacial score (nSPS) is 24.0. The Labute approximate surface area is 144 Å². The summed E-state index contributed by atoms with van der Waals surface area (Å²) in [5.41, 5.74) is 1.12. The highest BCUT2D eigenvalue weighted by atomic mass is 16.2. The van der Waals surface area contributed by atoms with Crippen LogP contribution in [0.15, 0.2) is 24.3 Å². The zero-order chi connectivity index (χ0) is 17.5. The van der Waals surface area contributed by atoms with Gasteiger partial charge in [0.25, 0.3) is 0 Å². The third-order valence-corrected chi connectivity index (χ3v) is 5.44. The number of amides is 2. The van der Waals surface area contributed by atoms with Crippen LogP contribution in [0, 0.1) is 11.3 Å². The maximum absolute atomic E-state index is 13.3. The topological polar surface area (TPSA) is 40.6 Å². The van der Waals surface area contributed by atoms with Gasteiger partial charge >= 0.3 is 0 Å². The van der Waals surface area contributed by atoms with E-state index in [1.807, 2.05) is 28.0 Å². The van der Waals surface area contributed by atoms with E-state index < -0.39 is 5.41 Å². The van der Waals surface area contributed by atoms with Gasteiger partial charge in [0, 0.05) is 24.8 Å². The summed E-state index contributed by atoms with van der Waals surface area (Å²) in [5, 5.41) is 0. The van der Waals surface area contributed by atoms with Gasteiger partial charge in [-0.2, -0.15) is 0 Å². The Hall–Kier alpha value is -1.84. The number of anilines is 1. The number of benzene rings is 1. The van der Waals surface area contributed by atoms with Gasteiger partial charge in [0.05, 0.1) is 0 Å². The number of likely N-dealkylation sites (tertiary alicyclic amines) is 1. The van der Waals surface area contributed by atoms with Crippen LogP contribution in [-0.4, -0.2) is 35.8 Å². The molecule has 1 aromatic rings. The average Bonchev–Trinajstić information content (AvgIpc) is 2.89. The minimum Gasteiger partial charge on any atom is -0.342 e. The van der Waals surface area contributed by atoms with E-state index >= 15 is 0 Å². The van der Waals surface area contributed by atoms with Crippen LogP contribution in [0.5, 0.6) is 0 Å². The lowest BCUT2D eigenvalue weighted by Gasteiger charge is -2.38. The predicted octanol–water partition coefficient (Wildman–Crippen LogP) is 3.25. The quantitative estimate of drug-likeness (QED) is 0.782. The largest absolute Gasteiger partial charge is 0.342 e. The van der Waals surface area contributed by atoms with E-state index in [0.717, 1.165) is 38.0 Å². The Morgan fingerprint density at radius 1 is 1.12 bits per heavy atom. The van der Waals surface area contributed by atoms with E-state index in [-0.39, 0.29) is 17.9 Å². The van der Waals surface area contributed by atoms with Gasteiger partial charge in [-0.3, -0.25) is 9.59 Å². The van der Waals surface area contributed by atoms with Crippen LogP contribution in [0.25, 0.3) is 0 Å². The lowest BCUT2D eigenvalue weighted by atomic mass is 9.87. The van der Waals surface area contributed by atoms with E-state index in [1.54, 1.807) is 13.8 Å². The molecule has 2 heterocycles. The molecule has 1 fully saturated rings. The van der Waals surface area contributed by atoms with Crippen molar-refractivity contribution in [3.63, 3.8) is 0 Å². The molecule has 0 aliphatic carbocycles. The molecule has 2 aliphatic heterocycles. The minimum absolute atomic E-state index is 0.0318. The van der Waals surface area contributed by atoms with Crippen LogP contribution < -0.4 is 4.90 Å². The molecule has 130 valence electrons. The van der Waals surface area contributed by atoms with Gasteiger partial charge in [-0.05, 0) is 57.6 Å². The van der Waals surface area contributed by atoms with E-state index in [1.165, 1.54) is 5.56 Å². The number of para-hydroxylation sites is 1. The van der Waals surface area contributed by atoms with Gasteiger partial charge in [0.1, 0.15) is 5.41 Å². The Balaban J connectivity index is 1.84. The van der Waals surface area contributed by atoms with Gasteiger partial charge in [0.15, 0.2) is 0 Å². The molecule has 2 atom stereocenters. The summed E-state index contributed by atoms with van der Waals surface area (Å²) in [4.78, 5) is 30.1. The summed E-state index contributed by atoms with van der Waals surface area (Å²) in [5.74, 6) is 0.402. The molecule has 2 amide bonds. The van der Waals surface area contributed by atoms with Crippen LogP contribution in [0.4, 0.5) is 5.69 Å². The van der Waals surface area contributed by atoms with Crippen molar-refractivity contribution in [3.8, 4) is 0 Å². The van der Waals surface area contributed by atoms with Crippen molar-refractivity contribution in [2.75, 3.05) is 18.0 Å². The van der Waals surface area contributed by atoms with Crippen molar-refractivity contribution in [2.45, 2.75) is 53.0 Å². The lowest BCUT2D eigenvalue weighted by Crippen LogP contribution is -2.54. The standard InChI is InChI=1S/C20H28N2O2/c1-14-8-7-11-21(13-14)18(23)20(3,4)19(24)22-15(2)12-16-9-5-6-10-17(16)22/h5-6,9-10,14-15H,7-8,11-13H2,1-4H3. The predicted molar refractivity (Wildman–Crippen MR) is 95.9 cm³/mol. The molecule has 0 N–H and O–H groups in total. The molecule has 24 heavy (non-hydrogen) atoms. The monoisotopic (exact) mass is 328 g/mol. The highest BCUT2D eigenvalue weighted by Gasteiger charge is 2.45. The van der Waals surface area contributed by atoms with Crippen LogP contribution in [0.2, 0.25) is 0 Å². The van der Waals surface area contributed by atoms with Gasteiger partial charge in [-0.25, -0.2) is 0 Å². The first-order valence-corrected chi connectivity index (χ1v) is 9.03. The molecular weight excluding hydrogens is 300 g/mol. The molecule has 2 unspecified atom stereocenters.